The number of hydrogen-bond acceptors (Lipinski definition) is 5. The van der Waals surface area contributed by atoms with Gasteiger partial charge < -0.3 is 10.1 Å². The Labute approximate surface area is 200 Å². The second-order valence-electron chi connectivity index (χ2n) is 7.14. The molecule has 0 aliphatic carbocycles. The summed E-state index contributed by atoms with van der Waals surface area (Å²) in [4.78, 5) is 38.5. The van der Waals surface area contributed by atoms with Crippen LogP contribution in [-0.2, 0) is 16.2 Å². The zero-order valence-electron chi connectivity index (χ0n) is 17.4. The van der Waals surface area contributed by atoms with Crippen molar-refractivity contribution in [3.8, 4) is 5.75 Å². The number of carbonyl (C=O) groups excluding carboxylic acids is 3. The first-order chi connectivity index (χ1) is 16.0. The van der Waals surface area contributed by atoms with Gasteiger partial charge in [0.15, 0.2) is 0 Å². The number of nitrogens with one attached hydrogen (secondary N) is 1. The number of para-hydroxylation sites is 1. The van der Waals surface area contributed by atoms with Gasteiger partial charge in [-0.2, -0.15) is 0 Å². The van der Waals surface area contributed by atoms with Crippen molar-refractivity contribution in [2.24, 2.45) is 0 Å². The average Bonchev–Trinajstić information content (AvgIpc) is 3.08. The Morgan fingerprint density at radius 3 is 2.39 bits per heavy atom. The molecule has 3 amide bonds. The van der Waals surface area contributed by atoms with Gasteiger partial charge in [0, 0.05) is 0 Å². The number of halogens is 1. The second kappa shape index (κ2) is 10.4. The van der Waals surface area contributed by atoms with Crippen molar-refractivity contribution in [1.29, 1.82) is 0 Å². The molecule has 1 fully saturated rings. The summed E-state index contributed by atoms with van der Waals surface area (Å²) in [5, 5.41) is 2.49. The molecule has 1 aliphatic rings. The summed E-state index contributed by atoms with van der Waals surface area (Å²) in [6.07, 6.45) is 1.62. The van der Waals surface area contributed by atoms with Crippen molar-refractivity contribution in [3.63, 3.8) is 0 Å². The Kier molecular flexibility index (Phi) is 7.12. The van der Waals surface area contributed by atoms with Crippen LogP contribution in [0.2, 0.25) is 5.02 Å². The Bertz CT molecular complexity index is 1210. The highest BCUT2D eigenvalue weighted by molar-refractivity contribution is 8.18. The van der Waals surface area contributed by atoms with Gasteiger partial charge in [-0.15, -0.1) is 0 Å². The van der Waals surface area contributed by atoms with Crippen LogP contribution >= 0.6 is 23.4 Å². The summed E-state index contributed by atoms with van der Waals surface area (Å²) in [5.74, 6) is -0.323. The van der Waals surface area contributed by atoms with E-state index in [4.69, 9.17) is 16.3 Å². The first-order valence-corrected chi connectivity index (χ1v) is 11.3. The van der Waals surface area contributed by atoms with Crippen LogP contribution in [0.1, 0.15) is 11.1 Å². The Morgan fingerprint density at radius 1 is 0.970 bits per heavy atom. The van der Waals surface area contributed by atoms with Crippen molar-refractivity contribution in [2.75, 3.05) is 11.9 Å². The second-order valence-corrected chi connectivity index (χ2v) is 8.54. The minimum atomic E-state index is -0.510. The van der Waals surface area contributed by atoms with Gasteiger partial charge in [0.2, 0.25) is 5.91 Å². The molecular formula is C25H19ClN2O4S. The number of ether oxygens (including phenoxy) is 1. The number of thioether (sulfide) groups is 1. The molecular weight excluding hydrogens is 460 g/mol. The number of nitrogens with zero attached hydrogens (tertiary/aromatic N) is 1. The van der Waals surface area contributed by atoms with E-state index in [1.807, 2.05) is 30.3 Å². The van der Waals surface area contributed by atoms with E-state index >= 15 is 0 Å². The lowest BCUT2D eigenvalue weighted by atomic mass is 10.2. The molecule has 0 bridgehead atoms. The van der Waals surface area contributed by atoms with Gasteiger partial charge >= 0.3 is 0 Å². The Morgan fingerprint density at radius 2 is 1.67 bits per heavy atom. The normalized spacial score (nSPS) is 14.6. The monoisotopic (exact) mass is 478 g/mol. The third kappa shape index (κ3) is 5.83. The quantitative estimate of drug-likeness (QED) is 0.448. The first kappa shape index (κ1) is 22.6. The minimum Gasteiger partial charge on any atom is -0.489 e. The fraction of sp³-hybridized carbons (Fsp3) is 0.0800. The molecule has 0 spiro atoms. The maximum Gasteiger partial charge on any atom is 0.294 e. The highest BCUT2D eigenvalue weighted by Gasteiger charge is 2.36. The number of amides is 3. The number of benzene rings is 3. The van der Waals surface area contributed by atoms with Crippen LogP contribution in [0.25, 0.3) is 6.08 Å². The van der Waals surface area contributed by atoms with Crippen LogP contribution in [-0.4, -0.2) is 28.5 Å². The topological polar surface area (TPSA) is 75.7 Å². The summed E-state index contributed by atoms with van der Waals surface area (Å²) in [6, 6.07) is 23.8. The highest BCUT2D eigenvalue weighted by Crippen LogP contribution is 2.32. The molecule has 3 aromatic rings. The number of hydrogen-bond donors (Lipinski definition) is 1. The molecule has 4 rings (SSSR count). The van der Waals surface area contributed by atoms with Crippen LogP contribution in [0.5, 0.6) is 5.75 Å². The predicted molar refractivity (Wildman–Crippen MR) is 130 cm³/mol. The van der Waals surface area contributed by atoms with Crippen LogP contribution < -0.4 is 10.1 Å². The van der Waals surface area contributed by atoms with E-state index in [2.05, 4.69) is 5.32 Å². The van der Waals surface area contributed by atoms with Gasteiger partial charge in [0.1, 0.15) is 18.9 Å². The Balaban J connectivity index is 1.37. The molecule has 1 N–H and O–H groups in total. The SMILES string of the molecule is O=C(CN1C(=O)S/C(=C/c2ccc(OCc3ccccc3)cc2)C1=O)Nc1ccccc1Cl. The van der Waals surface area contributed by atoms with Gasteiger partial charge in [0.05, 0.1) is 15.6 Å². The number of anilines is 1. The smallest absolute Gasteiger partial charge is 0.294 e. The van der Waals surface area contributed by atoms with Gasteiger partial charge in [0.25, 0.3) is 11.1 Å². The van der Waals surface area contributed by atoms with Gasteiger partial charge in [-0.25, -0.2) is 0 Å². The zero-order chi connectivity index (χ0) is 23.2. The van der Waals surface area contributed by atoms with E-state index in [-0.39, 0.29) is 11.4 Å². The number of rotatable bonds is 7. The maximum atomic E-state index is 12.7. The first-order valence-electron chi connectivity index (χ1n) is 10.1. The van der Waals surface area contributed by atoms with E-state index in [0.29, 0.717) is 23.1 Å². The average molecular weight is 479 g/mol. The standard InChI is InChI=1S/C25H19ClN2O4S/c26-20-8-4-5-9-21(20)27-23(29)15-28-24(30)22(33-25(28)31)14-17-10-12-19(13-11-17)32-16-18-6-2-1-3-7-18/h1-14H,15-16H2,(H,27,29)/b22-14+. The van der Waals surface area contributed by atoms with Crippen molar-refractivity contribution >= 4 is 52.2 Å². The molecule has 6 nitrogen and oxygen atoms in total. The van der Waals surface area contributed by atoms with E-state index in [9.17, 15) is 14.4 Å². The van der Waals surface area contributed by atoms with Gasteiger partial charge in [-0.1, -0.05) is 66.2 Å². The van der Waals surface area contributed by atoms with Crippen LogP contribution in [0, 0.1) is 0 Å². The van der Waals surface area contributed by atoms with Crippen molar-refractivity contribution < 1.29 is 19.1 Å². The molecule has 0 unspecified atom stereocenters. The molecule has 1 aliphatic heterocycles. The fourth-order valence-corrected chi connectivity index (χ4v) is 4.11. The van der Waals surface area contributed by atoms with Crippen LogP contribution in [0.4, 0.5) is 10.5 Å². The van der Waals surface area contributed by atoms with E-state index in [1.165, 1.54) is 0 Å². The number of imide groups is 1. The molecule has 1 heterocycles. The highest BCUT2D eigenvalue weighted by atomic mass is 35.5. The maximum absolute atomic E-state index is 12.7. The summed E-state index contributed by atoms with van der Waals surface area (Å²) in [7, 11) is 0. The lowest BCUT2D eigenvalue weighted by Gasteiger charge is -2.13. The summed E-state index contributed by atoms with van der Waals surface area (Å²) >= 11 is 6.83. The fourth-order valence-electron chi connectivity index (χ4n) is 3.08. The van der Waals surface area contributed by atoms with Crippen LogP contribution in [0.3, 0.4) is 0 Å². The molecule has 166 valence electrons. The summed E-state index contributed by atoms with van der Waals surface area (Å²) in [6.45, 7) is 0.0643. The third-order valence-corrected chi connectivity index (χ3v) is 5.99. The third-order valence-electron chi connectivity index (χ3n) is 4.75. The predicted octanol–water partition coefficient (Wildman–Crippen LogP) is 5.59. The molecule has 33 heavy (non-hydrogen) atoms. The lowest BCUT2D eigenvalue weighted by molar-refractivity contribution is -0.127. The largest absolute Gasteiger partial charge is 0.489 e. The van der Waals surface area contributed by atoms with E-state index in [0.717, 1.165) is 27.8 Å². The molecule has 0 atom stereocenters. The van der Waals surface area contributed by atoms with E-state index < -0.39 is 17.1 Å². The Hall–Kier alpha value is -3.55. The van der Waals surface area contributed by atoms with Gasteiger partial charge in [-0.05, 0) is 53.2 Å². The lowest BCUT2D eigenvalue weighted by Crippen LogP contribution is -2.36. The van der Waals surface area contributed by atoms with Gasteiger partial charge in [-0.3, -0.25) is 19.3 Å². The van der Waals surface area contributed by atoms with Crippen LogP contribution in [0.15, 0.2) is 83.8 Å². The molecule has 8 heteroatoms. The molecule has 0 radical (unpaired) electrons. The molecule has 3 aromatic carbocycles. The molecule has 0 saturated carbocycles. The summed E-state index contributed by atoms with van der Waals surface area (Å²) in [5.41, 5.74) is 2.23. The van der Waals surface area contributed by atoms with Crippen molar-refractivity contribution in [1.82, 2.24) is 4.90 Å². The number of carbonyl (C=O) groups is 3. The van der Waals surface area contributed by atoms with Crippen molar-refractivity contribution in [3.05, 3.63) is 99.9 Å². The zero-order valence-corrected chi connectivity index (χ0v) is 18.9. The summed E-state index contributed by atoms with van der Waals surface area (Å²) < 4.78 is 5.76. The molecule has 0 aromatic heterocycles. The minimum absolute atomic E-state index is 0.253. The van der Waals surface area contributed by atoms with Crippen molar-refractivity contribution in [2.45, 2.75) is 6.61 Å². The molecule has 1 saturated heterocycles. The van der Waals surface area contributed by atoms with E-state index in [1.54, 1.807) is 54.6 Å².